The van der Waals surface area contributed by atoms with Gasteiger partial charge in [-0.25, -0.2) is 0 Å². The fraction of sp³-hybridized carbons (Fsp3) is 0.500. The number of rotatable bonds is 4. The van der Waals surface area contributed by atoms with Gasteiger partial charge in [-0.15, -0.1) is 10.2 Å². The third-order valence-corrected chi connectivity index (χ3v) is 3.11. The van der Waals surface area contributed by atoms with Crippen LogP contribution in [-0.4, -0.2) is 47.3 Å². The van der Waals surface area contributed by atoms with Gasteiger partial charge in [0.15, 0.2) is 0 Å². The summed E-state index contributed by atoms with van der Waals surface area (Å²) < 4.78 is 10.7. The molecule has 0 aliphatic carbocycles. The molecule has 1 unspecified atom stereocenters. The molecule has 1 aromatic heterocycles. The topological polar surface area (TPSA) is 64.6 Å². The molecular formula is C14H19N3O3. The molecule has 0 saturated carbocycles. The summed E-state index contributed by atoms with van der Waals surface area (Å²) in [5.74, 6) is 0.934. The third kappa shape index (κ3) is 3.69. The lowest BCUT2D eigenvalue weighted by atomic mass is 10.1. The van der Waals surface area contributed by atoms with Gasteiger partial charge in [-0.1, -0.05) is 6.08 Å². The molecule has 0 bridgehead atoms. The number of ether oxygens (including phenoxy) is 2. The van der Waals surface area contributed by atoms with Crippen molar-refractivity contribution in [1.82, 2.24) is 15.1 Å². The van der Waals surface area contributed by atoms with Crippen LogP contribution < -0.4 is 9.47 Å². The number of carbonyl (C=O) groups is 1. The quantitative estimate of drug-likeness (QED) is 0.779. The summed E-state index contributed by atoms with van der Waals surface area (Å²) in [6, 6.07) is 3.42. The van der Waals surface area contributed by atoms with Crippen molar-refractivity contribution in [3.63, 3.8) is 0 Å². The van der Waals surface area contributed by atoms with Crippen LogP contribution in [0.25, 0.3) is 0 Å². The number of allylic oxidation sites excluding steroid dienone is 1. The molecule has 2 heterocycles. The number of nitrogens with zero attached hydrogens (tertiary/aromatic N) is 3. The van der Waals surface area contributed by atoms with Gasteiger partial charge in [-0.2, -0.15) is 0 Å². The maximum atomic E-state index is 11.8. The molecule has 1 atom stereocenters. The summed E-state index contributed by atoms with van der Waals surface area (Å²) in [5, 5.41) is 7.79. The van der Waals surface area contributed by atoms with Crippen LogP contribution in [0.2, 0.25) is 0 Å². The molecular weight excluding hydrogens is 258 g/mol. The Kier molecular flexibility index (Phi) is 4.92. The first kappa shape index (κ1) is 14.3. The molecule has 0 radical (unpaired) electrons. The molecule has 0 N–H and O–H groups in total. The smallest absolute Gasteiger partial charge is 0.246 e. The molecule has 0 aromatic carbocycles. The van der Waals surface area contributed by atoms with Crippen molar-refractivity contribution in [3.8, 4) is 11.8 Å². The van der Waals surface area contributed by atoms with Crippen molar-refractivity contribution in [1.29, 1.82) is 0 Å². The number of methoxy groups -OCH3 is 1. The Hall–Kier alpha value is -2.11. The van der Waals surface area contributed by atoms with E-state index in [1.54, 1.807) is 29.2 Å². The summed E-state index contributed by atoms with van der Waals surface area (Å²) >= 11 is 0. The van der Waals surface area contributed by atoms with Crippen molar-refractivity contribution in [2.45, 2.75) is 25.9 Å². The number of piperidine rings is 1. The number of hydrogen-bond donors (Lipinski definition) is 0. The van der Waals surface area contributed by atoms with E-state index < -0.39 is 0 Å². The highest BCUT2D eigenvalue weighted by Gasteiger charge is 2.24. The zero-order valence-electron chi connectivity index (χ0n) is 11.8. The number of likely N-dealkylation sites (tertiary alicyclic amines) is 1. The molecule has 1 aliphatic rings. The monoisotopic (exact) mass is 277 g/mol. The van der Waals surface area contributed by atoms with Crippen LogP contribution in [0.15, 0.2) is 24.3 Å². The van der Waals surface area contributed by atoms with Crippen LogP contribution >= 0.6 is 0 Å². The first-order valence-corrected chi connectivity index (χ1v) is 6.69. The first-order chi connectivity index (χ1) is 9.72. The van der Waals surface area contributed by atoms with Crippen LogP contribution in [0.1, 0.15) is 19.8 Å². The molecule has 0 spiro atoms. The van der Waals surface area contributed by atoms with E-state index in [9.17, 15) is 4.79 Å². The fourth-order valence-corrected chi connectivity index (χ4v) is 2.13. The molecule has 6 nitrogen and oxygen atoms in total. The van der Waals surface area contributed by atoms with E-state index in [0.29, 0.717) is 18.3 Å². The molecule has 1 aromatic rings. The number of hydrogen-bond acceptors (Lipinski definition) is 5. The average molecular weight is 277 g/mol. The molecule has 20 heavy (non-hydrogen) atoms. The third-order valence-electron chi connectivity index (χ3n) is 3.11. The standard InChI is InChI=1S/C14H19N3O3/c1-3-5-14(18)17-9-4-6-11(10-17)20-13-8-7-12(19-2)15-16-13/h3,5,7-8,11H,4,6,9-10H2,1-2H3/b5-3+. The highest BCUT2D eigenvalue weighted by molar-refractivity contribution is 5.87. The summed E-state index contributed by atoms with van der Waals surface area (Å²) in [6.45, 7) is 3.19. The predicted molar refractivity (Wildman–Crippen MR) is 73.6 cm³/mol. The molecule has 1 amide bonds. The van der Waals surface area contributed by atoms with Gasteiger partial charge >= 0.3 is 0 Å². The lowest BCUT2D eigenvalue weighted by molar-refractivity contribution is -0.128. The van der Waals surface area contributed by atoms with E-state index >= 15 is 0 Å². The minimum absolute atomic E-state index is 0.0293. The van der Waals surface area contributed by atoms with Gasteiger partial charge in [0.1, 0.15) is 6.10 Å². The van der Waals surface area contributed by atoms with Crippen molar-refractivity contribution >= 4 is 5.91 Å². The van der Waals surface area contributed by atoms with E-state index in [4.69, 9.17) is 9.47 Å². The number of aromatic nitrogens is 2. The molecule has 108 valence electrons. The second-order valence-electron chi connectivity index (χ2n) is 4.58. The van der Waals surface area contributed by atoms with Gasteiger partial charge in [-0.05, 0) is 25.8 Å². The van der Waals surface area contributed by atoms with Crippen molar-refractivity contribution in [2.75, 3.05) is 20.2 Å². The van der Waals surface area contributed by atoms with E-state index in [1.807, 2.05) is 6.92 Å². The minimum atomic E-state index is -0.0411. The van der Waals surface area contributed by atoms with Crippen molar-refractivity contribution < 1.29 is 14.3 Å². The highest BCUT2D eigenvalue weighted by atomic mass is 16.5. The largest absolute Gasteiger partial charge is 0.480 e. The summed E-state index contributed by atoms with van der Waals surface area (Å²) in [6.07, 6.45) is 5.13. The highest BCUT2D eigenvalue weighted by Crippen LogP contribution is 2.17. The Morgan fingerprint density at radius 3 is 2.80 bits per heavy atom. The maximum absolute atomic E-state index is 11.8. The Bertz CT molecular complexity index is 473. The van der Waals surface area contributed by atoms with Crippen molar-refractivity contribution in [3.05, 3.63) is 24.3 Å². The predicted octanol–water partition coefficient (Wildman–Crippen LogP) is 1.43. The number of carbonyl (C=O) groups excluding carboxylic acids is 1. The normalized spacial score (nSPS) is 19.1. The zero-order valence-corrected chi connectivity index (χ0v) is 11.8. The Morgan fingerprint density at radius 2 is 2.15 bits per heavy atom. The van der Waals surface area contributed by atoms with Gasteiger partial charge in [0.2, 0.25) is 17.7 Å². The second-order valence-corrected chi connectivity index (χ2v) is 4.58. The summed E-state index contributed by atoms with van der Waals surface area (Å²) in [7, 11) is 1.54. The van der Waals surface area contributed by atoms with Crippen LogP contribution in [0.4, 0.5) is 0 Å². The molecule has 1 fully saturated rings. The Labute approximate surface area is 118 Å². The van der Waals surface area contributed by atoms with E-state index in [0.717, 1.165) is 19.4 Å². The van der Waals surface area contributed by atoms with Gasteiger partial charge in [0.05, 0.1) is 13.7 Å². The second kappa shape index (κ2) is 6.88. The summed E-state index contributed by atoms with van der Waals surface area (Å²) in [5.41, 5.74) is 0. The van der Waals surface area contributed by atoms with E-state index in [2.05, 4.69) is 10.2 Å². The van der Waals surface area contributed by atoms with Gasteiger partial charge in [-0.3, -0.25) is 4.79 Å². The molecule has 1 aliphatic heterocycles. The van der Waals surface area contributed by atoms with Gasteiger partial charge in [0, 0.05) is 18.7 Å². The fourth-order valence-electron chi connectivity index (χ4n) is 2.13. The average Bonchev–Trinajstić information content (AvgIpc) is 2.48. The van der Waals surface area contributed by atoms with Crippen LogP contribution in [0, 0.1) is 0 Å². The zero-order chi connectivity index (χ0) is 14.4. The lowest BCUT2D eigenvalue weighted by Crippen LogP contribution is -2.43. The van der Waals surface area contributed by atoms with E-state index in [1.165, 1.54) is 7.11 Å². The maximum Gasteiger partial charge on any atom is 0.246 e. The molecule has 1 saturated heterocycles. The molecule has 2 rings (SSSR count). The first-order valence-electron chi connectivity index (χ1n) is 6.69. The Morgan fingerprint density at radius 1 is 1.40 bits per heavy atom. The Balaban J connectivity index is 1.93. The van der Waals surface area contributed by atoms with Gasteiger partial charge < -0.3 is 14.4 Å². The van der Waals surface area contributed by atoms with Crippen molar-refractivity contribution in [2.24, 2.45) is 0 Å². The van der Waals surface area contributed by atoms with Gasteiger partial charge in [0.25, 0.3) is 0 Å². The van der Waals surface area contributed by atoms with Crippen LogP contribution in [0.5, 0.6) is 11.8 Å². The minimum Gasteiger partial charge on any atom is -0.480 e. The SMILES string of the molecule is C/C=C/C(=O)N1CCCC(Oc2ccc(OC)nn2)C1. The number of amides is 1. The summed E-state index contributed by atoms with van der Waals surface area (Å²) in [4.78, 5) is 13.6. The van der Waals surface area contributed by atoms with E-state index in [-0.39, 0.29) is 12.0 Å². The van der Waals surface area contributed by atoms with Crippen LogP contribution in [-0.2, 0) is 4.79 Å². The molecule has 6 heteroatoms. The van der Waals surface area contributed by atoms with Crippen LogP contribution in [0.3, 0.4) is 0 Å². The lowest BCUT2D eigenvalue weighted by Gasteiger charge is -2.31.